The largest absolute Gasteiger partial charge is 0.490 e. The van der Waals surface area contributed by atoms with Crippen molar-refractivity contribution in [1.82, 2.24) is 5.32 Å². The van der Waals surface area contributed by atoms with Gasteiger partial charge < -0.3 is 14.8 Å². The molecule has 0 bridgehead atoms. The van der Waals surface area contributed by atoms with Crippen LogP contribution in [0.5, 0.6) is 11.5 Å². The van der Waals surface area contributed by atoms with Crippen molar-refractivity contribution in [2.75, 3.05) is 6.61 Å². The minimum Gasteiger partial charge on any atom is -0.490 e. The van der Waals surface area contributed by atoms with Gasteiger partial charge in [-0.25, -0.2) is 4.99 Å². The van der Waals surface area contributed by atoms with Crippen LogP contribution in [0.2, 0.25) is 0 Å². The topological polar surface area (TPSA) is 59.9 Å². The molecule has 4 rings (SSSR count). The van der Waals surface area contributed by atoms with Crippen LogP contribution in [0.4, 0.5) is 5.69 Å². The highest BCUT2D eigenvalue weighted by atomic mass is 127. The van der Waals surface area contributed by atoms with Crippen molar-refractivity contribution in [3.05, 3.63) is 91.9 Å². The van der Waals surface area contributed by atoms with Crippen molar-refractivity contribution in [1.29, 1.82) is 0 Å². The molecule has 1 aliphatic heterocycles. The SMILES string of the molecule is CCOc1cc(/C=C2\SC(=Nc3ccc(CC)cc3)NC2=O)ccc1OCc1ccc(I)cc1. The van der Waals surface area contributed by atoms with E-state index in [0.29, 0.717) is 34.8 Å². The van der Waals surface area contributed by atoms with Crippen molar-refractivity contribution in [3.63, 3.8) is 0 Å². The minimum atomic E-state index is -0.161. The Morgan fingerprint density at radius 2 is 1.68 bits per heavy atom. The smallest absolute Gasteiger partial charge is 0.264 e. The summed E-state index contributed by atoms with van der Waals surface area (Å²) in [5, 5.41) is 3.42. The number of carbonyl (C=O) groups excluding carboxylic acids is 1. The van der Waals surface area contributed by atoms with Crippen molar-refractivity contribution < 1.29 is 14.3 Å². The van der Waals surface area contributed by atoms with Gasteiger partial charge in [0, 0.05) is 3.57 Å². The number of nitrogens with one attached hydrogen (secondary N) is 1. The maximum atomic E-state index is 12.5. The molecule has 0 atom stereocenters. The Bertz CT molecular complexity index is 1220. The highest BCUT2D eigenvalue weighted by Gasteiger charge is 2.24. The minimum absolute atomic E-state index is 0.161. The van der Waals surface area contributed by atoms with E-state index in [-0.39, 0.29) is 5.91 Å². The number of amidine groups is 1. The second-order valence-electron chi connectivity index (χ2n) is 7.56. The number of ether oxygens (including phenoxy) is 2. The summed E-state index contributed by atoms with van der Waals surface area (Å²) in [7, 11) is 0. The number of hydrogen-bond acceptors (Lipinski definition) is 5. The normalized spacial score (nSPS) is 15.6. The molecule has 0 unspecified atom stereocenters. The number of hydrogen-bond donors (Lipinski definition) is 1. The quantitative estimate of drug-likeness (QED) is 0.236. The van der Waals surface area contributed by atoms with Gasteiger partial charge in [0.25, 0.3) is 5.91 Å². The fourth-order valence-electron chi connectivity index (χ4n) is 3.30. The van der Waals surface area contributed by atoms with Gasteiger partial charge in [-0.2, -0.15) is 0 Å². The predicted octanol–water partition coefficient (Wildman–Crippen LogP) is 6.72. The highest BCUT2D eigenvalue weighted by Crippen LogP contribution is 2.33. The van der Waals surface area contributed by atoms with Crippen molar-refractivity contribution >= 4 is 57.2 Å². The molecule has 1 saturated heterocycles. The number of amides is 1. The Balaban J connectivity index is 1.48. The van der Waals surface area contributed by atoms with Gasteiger partial charge in [0.1, 0.15) is 6.61 Å². The highest BCUT2D eigenvalue weighted by molar-refractivity contribution is 14.1. The molecule has 1 fully saturated rings. The summed E-state index contributed by atoms with van der Waals surface area (Å²) in [4.78, 5) is 17.6. The molecule has 0 radical (unpaired) electrons. The lowest BCUT2D eigenvalue weighted by molar-refractivity contribution is -0.115. The molecule has 174 valence electrons. The second-order valence-corrected chi connectivity index (χ2v) is 9.83. The van der Waals surface area contributed by atoms with E-state index in [9.17, 15) is 4.79 Å². The number of rotatable bonds is 8. The number of nitrogens with zero attached hydrogens (tertiary/aromatic N) is 1. The monoisotopic (exact) mass is 584 g/mol. The number of aliphatic imine (C=N–C) groups is 1. The standard InChI is InChI=1S/C27H25IN2O3S/c1-3-18-7-12-22(13-8-18)29-27-30-26(31)25(34-27)16-20-9-14-23(24(15-20)32-4-2)33-17-19-5-10-21(28)11-6-19/h5-16H,3-4,17H2,1-2H3,(H,29,30,31)/b25-16-. The molecule has 3 aromatic rings. The summed E-state index contributed by atoms with van der Waals surface area (Å²) in [5.74, 6) is 1.16. The van der Waals surface area contributed by atoms with E-state index in [1.54, 1.807) is 0 Å². The maximum absolute atomic E-state index is 12.5. The van der Waals surface area contributed by atoms with Gasteiger partial charge in [-0.3, -0.25) is 4.79 Å². The summed E-state index contributed by atoms with van der Waals surface area (Å²) in [5.41, 5.74) is 4.01. The molecule has 7 heteroatoms. The molecular weight excluding hydrogens is 559 g/mol. The Morgan fingerprint density at radius 3 is 2.38 bits per heavy atom. The van der Waals surface area contributed by atoms with Crippen LogP contribution in [-0.4, -0.2) is 17.7 Å². The summed E-state index contributed by atoms with van der Waals surface area (Å²) in [6, 6.07) is 21.9. The first-order valence-corrected chi connectivity index (χ1v) is 13.0. The average molecular weight is 584 g/mol. The first-order valence-electron chi connectivity index (χ1n) is 11.1. The summed E-state index contributed by atoms with van der Waals surface area (Å²) < 4.78 is 13.0. The van der Waals surface area contributed by atoms with Crippen molar-refractivity contribution in [3.8, 4) is 11.5 Å². The summed E-state index contributed by atoms with van der Waals surface area (Å²) in [6.07, 6.45) is 2.82. The lowest BCUT2D eigenvalue weighted by atomic mass is 10.1. The molecule has 0 saturated carbocycles. The fourth-order valence-corrected chi connectivity index (χ4v) is 4.50. The number of aryl methyl sites for hydroxylation is 1. The Morgan fingerprint density at radius 1 is 0.941 bits per heavy atom. The zero-order chi connectivity index (χ0) is 23.9. The van der Waals surface area contributed by atoms with Gasteiger partial charge in [0.05, 0.1) is 17.2 Å². The van der Waals surface area contributed by atoms with Gasteiger partial charge in [-0.1, -0.05) is 37.3 Å². The molecule has 34 heavy (non-hydrogen) atoms. The third-order valence-electron chi connectivity index (χ3n) is 5.10. The van der Waals surface area contributed by atoms with E-state index in [4.69, 9.17) is 9.47 Å². The Kier molecular flexibility index (Phi) is 8.29. The Labute approximate surface area is 217 Å². The number of thioether (sulfide) groups is 1. The van der Waals surface area contributed by atoms with Crippen LogP contribution >= 0.6 is 34.4 Å². The van der Waals surface area contributed by atoms with Crippen LogP contribution in [0.15, 0.2) is 76.6 Å². The van der Waals surface area contributed by atoms with Crippen LogP contribution < -0.4 is 14.8 Å². The summed E-state index contributed by atoms with van der Waals surface area (Å²) >= 11 is 3.61. The van der Waals surface area contributed by atoms with E-state index in [1.807, 2.05) is 55.5 Å². The zero-order valence-electron chi connectivity index (χ0n) is 19.0. The zero-order valence-corrected chi connectivity index (χ0v) is 22.0. The van der Waals surface area contributed by atoms with E-state index in [2.05, 4.69) is 64.1 Å². The molecule has 0 aliphatic carbocycles. The maximum Gasteiger partial charge on any atom is 0.264 e. The van der Waals surface area contributed by atoms with E-state index >= 15 is 0 Å². The lowest BCUT2D eigenvalue weighted by Gasteiger charge is -2.13. The van der Waals surface area contributed by atoms with Crippen molar-refractivity contribution in [2.24, 2.45) is 4.99 Å². The average Bonchev–Trinajstić information content (AvgIpc) is 3.18. The van der Waals surface area contributed by atoms with Crippen LogP contribution in [0.25, 0.3) is 6.08 Å². The lowest BCUT2D eigenvalue weighted by Crippen LogP contribution is -2.19. The Hall–Kier alpha value is -2.78. The van der Waals surface area contributed by atoms with E-state index in [1.165, 1.54) is 20.9 Å². The fraction of sp³-hybridized carbons (Fsp3) is 0.185. The van der Waals surface area contributed by atoms with Gasteiger partial charge in [0.15, 0.2) is 16.7 Å². The molecule has 1 aliphatic rings. The van der Waals surface area contributed by atoms with E-state index in [0.717, 1.165) is 23.2 Å². The number of benzene rings is 3. The first-order chi connectivity index (χ1) is 16.5. The van der Waals surface area contributed by atoms with E-state index < -0.39 is 0 Å². The predicted molar refractivity (Wildman–Crippen MR) is 148 cm³/mol. The molecule has 1 N–H and O–H groups in total. The molecule has 0 spiro atoms. The number of halogens is 1. The molecule has 1 amide bonds. The van der Waals surface area contributed by atoms with Crippen molar-refractivity contribution in [2.45, 2.75) is 26.9 Å². The number of carbonyl (C=O) groups is 1. The van der Waals surface area contributed by atoms with Gasteiger partial charge in [-0.05, 0) is 107 Å². The van der Waals surface area contributed by atoms with Gasteiger partial charge >= 0.3 is 0 Å². The van der Waals surface area contributed by atoms with Crippen LogP contribution in [0, 0.1) is 3.57 Å². The second kappa shape index (κ2) is 11.6. The molecule has 0 aromatic heterocycles. The first kappa shape index (κ1) is 24.3. The molecule has 3 aromatic carbocycles. The molecule has 1 heterocycles. The van der Waals surface area contributed by atoms with Crippen LogP contribution in [0.1, 0.15) is 30.5 Å². The third-order valence-corrected chi connectivity index (χ3v) is 6.73. The molecular formula is C27H25IN2O3S. The third kappa shape index (κ3) is 6.42. The van der Waals surface area contributed by atoms with Crippen LogP contribution in [-0.2, 0) is 17.8 Å². The van der Waals surface area contributed by atoms with Gasteiger partial charge in [-0.15, -0.1) is 0 Å². The molecule has 5 nitrogen and oxygen atoms in total. The van der Waals surface area contributed by atoms with Crippen LogP contribution in [0.3, 0.4) is 0 Å². The summed E-state index contributed by atoms with van der Waals surface area (Å²) in [6.45, 7) is 5.02. The van der Waals surface area contributed by atoms with Gasteiger partial charge in [0.2, 0.25) is 0 Å².